The molecule has 2 aromatic rings. The van der Waals surface area contributed by atoms with Crippen LogP contribution in [0.5, 0.6) is 5.75 Å². The molecule has 0 aliphatic carbocycles. The summed E-state index contributed by atoms with van der Waals surface area (Å²) in [6.45, 7) is 0. The summed E-state index contributed by atoms with van der Waals surface area (Å²) < 4.78 is 5.66. The topological polar surface area (TPSA) is 65.3 Å². The van der Waals surface area contributed by atoms with Gasteiger partial charge in [-0.05, 0) is 28.1 Å². The molecule has 5 nitrogen and oxygen atoms in total. The van der Waals surface area contributed by atoms with Crippen molar-refractivity contribution in [2.45, 2.75) is 0 Å². The summed E-state index contributed by atoms with van der Waals surface area (Å²) in [7, 11) is 1.54. The van der Waals surface area contributed by atoms with Crippen molar-refractivity contribution >= 4 is 21.6 Å². The number of hydrogen-bond donors (Lipinski definition) is 0. The number of pyridine rings is 1. The average molecular weight is 309 g/mol. The van der Waals surface area contributed by atoms with E-state index in [-0.39, 0.29) is 5.69 Å². The third-order valence-electron chi connectivity index (χ3n) is 2.37. The predicted molar refractivity (Wildman–Crippen MR) is 70.6 cm³/mol. The highest BCUT2D eigenvalue weighted by atomic mass is 79.9. The van der Waals surface area contributed by atoms with Crippen LogP contribution in [-0.4, -0.2) is 17.0 Å². The van der Waals surface area contributed by atoms with E-state index < -0.39 is 4.92 Å². The summed E-state index contributed by atoms with van der Waals surface area (Å²) in [5.41, 5.74) is 0.924. The molecule has 0 atom stereocenters. The van der Waals surface area contributed by atoms with Crippen molar-refractivity contribution in [1.82, 2.24) is 4.98 Å². The molecule has 0 spiro atoms. The molecular formula is C12H9BrN2O3. The Morgan fingerprint density at radius 3 is 2.83 bits per heavy atom. The Hall–Kier alpha value is -1.95. The van der Waals surface area contributed by atoms with Crippen molar-refractivity contribution in [2.24, 2.45) is 0 Å². The molecule has 1 heterocycles. The SMILES string of the molecule is COc1cccc(-c2ncc(Br)cc2[N+](=O)[O-])c1. The van der Waals surface area contributed by atoms with Gasteiger partial charge in [-0.15, -0.1) is 0 Å². The summed E-state index contributed by atoms with van der Waals surface area (Å²) in [6.07, 6.45) is 1.53. The average Bonchev–Trinajstić information content (AvgIpc) is 2.38. The smallest absolute Gasteiger partial charge is 0.296 e. The monoisotopic (exact) mass is 308 g/mol. The molecule has 0 saturated carbocycles. The molecule has 0 fully saturated rings. The Balaban J connectivity index is 2.59. The largest absolute Gasteiger partial charge is 0.497 e. The third kappa shape index (κ3) is 2.48. The second-order valence-corrected chi connectivity index (χ2v) is 4.43. The lowest BCUT2D eigenvalue weighted by Gasteiger charge is -2.05. The maximum absolute atomic E-state index is 11.0. The molecule has 0 saturated heterocycles. The molecular weight excluding hydrogens is 300 g/mol. The molecule has 0 radical (unpaired) electrons. The second kappa shape index (κ2) is 5.14. The van der Waals surface area contributed by atoms with Crippen molar-refractivity contribution in [2.75, 3.05) is 7.11 Å². The van der Waals surface area contributed by atoms with Crippen molar-refractivity contribution in [1.29, 1.82) is 0 Å². The molecule has 92 valence electrons. The second-order valence-electron chi connectivity index (χ2n) is 3.51. The number of halogens is 1. The van der Waals surface area contributed by atoms with Gasteiger partial charge in [-0.1, -0.05) is 12.1 Å². The van der Waals surface area contributed by atoms with Gasteiger partial charge in [0.05, 0.1) is 12.0 Å². The van der Waals surface area contributed by atoms with Gasteiger partial charge in [0.2, 0.25) is 0 Å². The van der Waals surface area contributed by atoms with Crippen LogP contribution in [0, 0.1) is 10.1 Å². The summed E-state index contributed by atoms with van der Waals surface area (Å²) in [5.74, 6) is 0.631. The minimum Gasteiger partial charge on any atom is -0.497 e. The lowest BCUT2D eigenvalue weighted by Crippen LogP contribution is -1.95. The standard InChI is InChI=1S/C12H9BrN2O3/c1-18-10-4-2-3-8(5-10)12-11(15(16)17)6-9(13)7-14-12/h2-7H,1H3. The van der Waals surface area contributed by atoms with Crippen molar-refractivity contribution in [3.63, 3.8) is 0 Å². The molecule has 2 rings (SSSR count). The summed E-state index contributed by atoms with van der Waals surface area (Å²) in [6, 6.07) is 8.44. The van der Waals surface area contributed by atoms with E-state index in [1.807, 2.05) is 0 Å². The molecule has 1 aromatic carbocycles. The first-order chi connectivity index (χ1) is 8.61. The van der Waals surface area contributed by atoms with Gasteiger partial charge in [0.15, 0.2) is 0 Å². The van der Waals surface area contributed by atoms with E-state index in [2.05, 4.69) is 20.9 Å². The molecule has 0 amide bonds. The quantitative estimate of drug-likeness (QED) is 0.643. The van der Waals surface area contributed by atoms with Gasteiger partial charge in [0.1, 0.15) is 11.4 Å². The van der Waals surface area contributed by atoms with Crippen LogP contribution in [0.4, 0.5) is 5.69 Å². The van der Waals surface area contributed by atoms with Gasteiger partial charge < -0.3 is 4.74 Å². The maximum atomic E-state index is 11.0. The number of aromatic nitrogens is 1. The van der Waals surface area contributed by atoms with E-state index in [1.54, 1.807) is 31.4 Å². The van der Waals surface area contributed by atoms with Gasteiger partial charge in [-0.2, -0.15) is 0 Å². The van der Waals surface area contributed by atoms with Crippen LogP contribution >= 0.6 is 15.9 Å². The molecule has 6 heteroatoms. The van der Waals surface area contributed by atoms with Crippen LogP contribution in [-0.2, 0) is 0 Å². The molecule has 0 aliphatic heterocycles. The van der Waals surface area contributed by atoms with E-state index in [4.69, 9.17) is 4.74 Å². The number of rotatable bonds is 3. The van der Waals surface area contributed by atoms with Crippen LogP contribution < -0.4 is 4.74 Å². The highest BCUT2D eigenvalue weighted by molar-refractivity contribution is 9.10. The summed E-state index contributed by atoms with van der Waals surface area (Å²) in [5, 5.41) is 11.0. The highest BCUT2D eigenvalue weighted by Gasteiger charge is 2.17. The molecule has 0 aliphatic rings. The molecule has 0 unspecified atom stereocenters. The minimum atomic E-state index is -0.452. The first-order valence-corrected chi connectivity index (χ1v) is 5.85. The third-order valence-corrected chi connectivity index (χ3v) is 2.81. The number of hydrogen-bond acceptors (Lipinski definition) is 4. The van der Waals surface area contributed by atoms with Gasteiger partial charge in [0.25, 0.3) is 5.69 Å². The van der Waals surface area contributed by atoms with Crippen LogP contribution in [0.1, 0.15) is 0 Å². The minimum absolute atomic E-state index is 0.0439. The first-order valence-electron chi connectivity index (χ1n) is 5.06. The van der Waals surface area contributed by atoms with E-state index in [0.29, 0.717) is 21.5 Å². The molecule has 1 aromatic heterocycles. The van der Waals surface area contributed by atoms with Gasteiger partial charge >= 0.3 is 0 Å². The van der Waals surface area contributed by atoms with Gasteiger partial charge in [-0.3, -0.25) is 10.1 Å². The Kier molecular flexibility index (Phi) is 3.57. The van der Waals surface area contributed by atoms with Gasteiger partial charge in [0, 0.05) is 22.3 Å². The fourth-order valence-corrected chi connectivity index (χ4v) is 1.88. The van der Waals surface area contributed by atoms with Crippen LogP contribution in [0.3, 0.4) is 0 Å². The van der Waals surface area contributed by atoms with E-state index in [1.165, 1.54) is 12.3 Å². The normalized spacial score (nSPS) is 10.1. The van der Waals surface area contributed by atoms with Crippen molar-refractivity contribution in [3.8, 4) is 17.0 Å². The Morgan fingerprint density at radius 2 is 2.17 bits per heavy atom. The number of ether oxygens (including phenoxy) is 1. The zero-order valence-corrected chi connectivity index (χ0v) is 11.0. The predicted octanol–water partition coefficient (Wildman–Crippen LogP) is 3.43. The fraction of sp³-hybridized carbons (Fsp3) is 0.0833. The lowest BCUT2D eigenvalue weighted by atomic mass is 10.1. The summed E-state index contributed by atoms with van der Waals surface area (Å²) in [4.78, 5) is 14.7. The summed E-state index contributed by atoms with van der Waals surface area (Å²) >= 11 is 3.17. The highest BCUT2D eigenvalue weighted by Crippen LogP contribution is 2.31. The zero-order valence-electron chi connectivity index (χ0n) is 9.46. The van der Waals surface area contributed by atoms with Crippen molar-refractivity contribution < 1.29 is 9.66 Å². The Bertz CT molecular complexity index is 602. The number of nitro groups is 1. The van der Waals surface area contributed by atoms with Crippen molar-refractivity contribution in [3.05, 3.63) is 51.1 Å². The maximum Gasteiger partial charge on any atom is 0.296 e. The number of benzene rings is 1. The molecule has 18 heavy (non-hydrogen) atoms. The lowest BCUT2D eigenvalue weighted by molar-refractivity contribution is -0.384. The van der Waals surface area contributed by atoms with E-state index >= 15 is 0 Å². The first kappa shape index (κ1) is 12.5. The zero-order chi connectivity index (χ0) is 13.1. The Labute approximate surface area is 112 Å². The van der Waals surface area contributed by atoms with Gasteiger partial charge in [-0.25, -0.2) is 4.98 Å². The number of methoxy groups -OCH3 is 1. The number of nitrogens with zero attached hydrogens (tertiary/aromatic N) is 2. The van der Waals surface area contributed by atoms with Crippen LogP contribution in [0.25, 0.3) is 11.3 Å². The molecule has 0 N–H and O–H groups in total. The Morgan fingerprint density at radius 1 is 1.39 bits per heavy atom. The molecule has 0 bridgehead atoms. The van der Waals surface area contributed by atoms with E-state index in [0.717, 1.165) is 0 Å². The fourth-order valence-electron chi connectivity index (χ4n) is 1.56. The van der Waals surface area contributed by atoms with E-state index in [9.17, 15) is 10.1 Å². The van der Waals surface area contributed by atoms with Crippen LogP contribution in [0.2, 0.25) is 0 Å². The van der Waals surface area contributed by atoms with Crippen LogP contribution in [0.15, 0.2) is 41.0 Å².